The predicted octanol–water partition coefficient (Wildman–Crippen LogP) is 4.00. The molecule has 1 aliphatic heterocycles. The smallest absolute Gasteiger partial charge is 0.419 e. The summed E-state index contributed by atoms with van der Waals surface area (Å²) in [6, 6.07) is 3.10. The Balaban J connectivity index is 1.72. The molecule has 1 atom stereocenters. The highest BCUT2D eigenvalue weighted by molar-refractivity contribution is 5.69. The van der Waals surface area contributed by atoms with Gasteiger partial charge in [0.15, 0.2) is 0 Å². The molecule has 1 amide bonds. The van der Waals surface area contributed by atoms with Crippen LogP contribution in [0.3, 0.4) is 0 Å². The summed E-state index contributed by atoms with van der Waals surface area (Å²) in [7, 11) is 3.49. The molecule has 3 rings (SSSR count). The molecular formula is C18H22F4N2O2. The molecule has 1 aliphatic carbocycles. The van der Waals surface area contributed by atoms with E-state index in [1.54, 1.807) is 0 Å². The normalized spacial score (nSPS) is 22.3. The van der Waals surface area contributed by atoms with Crippen LogP contribution in [0.5, 0.6) is 0 Å². The molecule has 8 heteroatoms. The highest BCUT2D eigenvalue weighted by Gasteiger charge is 2.51. The highest BCUT2D eigenvalue weighted by Crippen LogP contribution is 2.51. The first-order chi connectivity index (χ1) is 12.1. The molecule has 0 N–H and O–H groups in total. The van der Waals surface area contributed by atoms with Gasteiger partial charge in [-0.05, 0) is 57.0 Å². The number of nitrogens with zero attached hydrogens (tertiary/aromatic N) is 2. The molecule has 26 heavy (non-hydrogen) atoms. The van der Waals surface area contributed by atoms with Gasteiger partial charge in [-0.25, -0.2) is 9.18 Å². The number of benzene rings is 1. The van der Waals surface area contributed by atoms with Crippen molar-refractivity contribution in [2.75, 3.05) is 27.2 Å². The number of ether oxygens (including phenoxy) is 1. The van der Waals surface area contributed by atoms with Crippen LogP contribution in [0.1, 0.15) is 36.8 Å². The summed E-state index contributed by atoms with van der Waals surface area (Å²) in [5.41, 5.74) is -1.88. The maximum atomic E-state index is 13.5. The summed E-state index contributed by atoms with van der Waals surface area (Å²) in [6.45, 7) is 1.21. The van der Waals surface area contributed by atoms with Crippen LogP contribution in [0.25, 0.3) is 0 Å². The number of hydrogen-bond acceptors (Lipinski definition) is 3. The fraction of sp³-hybridized carbons (Fsp3) is 0.611. The first kappa shape index (κ1) is 18.9. The number of hydrogen-bond donors (Lipinski definition) is 0. The van der Waals surface area contributed by atoms with Crippen LogP contribution in [-0.4, -0.2) is 49.2 Å². The van der Waals surface area contributed by atoms with Crippen LogP contribution < -0.4 is 0 Å². The van der Waals surface area contributed by atoms with Crippen LogP contribution in [0.4, 0.5) is 22.4 Å². The number of rotatable bonds is 4. The third-order valence-electron chi connectivity index (χ3n) is 5.52. The van der Waals surface area contributed by atoms with Gasteiger partial charge in [0.05, 0.1) is 11.1 Å². The molecule has 0 spiro atoms. The third-order valence-corrected chi connectivity index (χ3v) is 5.52. The summed E-state index contributed by atoms with van der Waals surface area (Å²) in [4.78, 5) is 15.9. The van der Waals surface area contributed by atoms with E-state index >= 15 is 0 Å². The van der Waals surface area contributed by atoms with Crippen LogP contribution in [0, 0.1) is 5.82 Å². The minimum absolute atomic E-state index is 0.171. The standard InChI is InChI=1S/C18H22F4N2O2/c1-23-9-3-4-13(23)11-26-16(25)24(2)17(7-8-17)12-5-6-15(19)14(10-12)18(20,21)22/h5-6,10,13H,3-4,7-9,11H2,1-2H3/t13-/m0/s1. The first-order valence-corrected chi connectivity index (χ1v) is 8.63. The Morgan fingerprint density at radius 3 is 2.62 bits per heavy atom. The van der Waals surface area contributed by atoms with Gasteiger partial charge in [-0.1, -0.05) is 6.07 Å². The molecule has 1 heterocycles. The molecule has 4 nitrogen and oxygen atoms in total. The van der Waals surface area contributed by atoms with E-state index in [-0.39, 0.29) is 18.2 Å². The van der Waals surface area contributed by atoms with E-state index in [0.29, 0.717) is 12.8 Å². The average molecular weight is 374 g/mol. The van der Waals surface area contributed by atoms with E-state index in [0.717, 1.165) is 31.5 Å². The zero-order valence-corrected chi connectivity index (χ0v) is 14.8. The van der Waals surface area contributed by atoms with Gasteiger partial charge in [0.2, 0.25) is 0 Å². The SMILES string of the molecule is CN1CCC[C@H]1COC(=O)N(C)C1(c2ccc(F)c(C(F)(F)F)c2)CC1. The maximum Gasteiger partial charge on any atom is 0.419 e. The lowest BCUT2D eigenvalue weighted by molar-refractivity contribution is -0.140. The summed E-state index contributed by atoms with van der Waals surface area (Å²) in [6.07, 6.45) is -2.31. The number of carbonyl (C=O) groups is 1. The zero-order chi connectivity index (χ0) is 19.1. The maximum absolute atomic E-state index is 13.5. The van der Waals surface area contributed by atoms with Gasteiger partial charge >= 0.3 is 12.3 Å². The number of amides is 1. The van der Waals surface area contributed by atoms with Crippen molar-refractivity contribution in [2.24, 2.45) is 0 Å². The monoisotopic (exact) mass is 374 g/mol. The van der Waals surface area contributed by atoms with Crippen LogP contribution >= 0.6 is 0 Å². The Kier molecular flexibility index (Phi) is 4.90. The Morgan fingerprint density at radius 2 is 2.08 bits per heavy atom. The van der Waals surface area contributed by atoms with E-state index in [2.05, 4.69) is 4.90 Å². The van der Waals surface area contributed by atoms with Gasteiger partial charge in [0, 0.05) is 13.1 Å². The summed E-state index contributed by atoms with van der Waals surface area (Å²) in [5, 5.41) is 0. The number of likely N-dealkylation sites (tertiary alicyclic amines) is 1. The fourth-order valence-electron chi connectivity index (χ4n) is 3.60. The zero-order valence-electron chi connectivity index (χ0n) is 14.8. The van der Waals surface area contributed by atoms with Crippen molar-refractivity contribution in [1.82, 2.24) is 9.80 Å². The van der Waals surface area contributed by atoms with E-state index < -0.39 is 29.2 Å². The Labute approximate surface area is 149 Å². The van der Waals surface area contributed by atoms with Crippen molar-refractivity contribution < 1.29 is 27.1 Å². The fourth-order valence-corrected chi connectivity index (χ4v) is 3.60. The number of likely N-dealkylation sites (N-methyl/N-ethyl adjacent to an activating group) is 1. The minimum atomic E-state index is -4.78. The average Bonchev–Trinajstić information content (AvgIpc) is 3.28. The van der Waals surface area contributed by atoms with E-state index in [1.807, 2.05) is 7.05 Å². The summed E-state index contributed by atoms with van der Waals surface area (Å²) >= 11 is 0. The number of alkyl halides is 3. The molecule has 0 aromatic heterocycles. The van der Waals surface area contributed by atoms with Crippen LogP contribution in [0.2, 0.25) is 0 Å². The van der Waals surface area contributed by atoms with Crippen molar-refractivity contribution in [3.63, 3.8) is 0 Å². The molecular weight excluding hydrogens is 352 g/mol. The second-order valence-corrected chi connectivity index (χ2v) is 7.14. The minimum Gasteiger partial charge on any atom is -0.448 e. The van der Waals surface area contributed by atoms with E-state index in [4.69, 9.17) is 4.74 Å². The summed E-state index contributed by atoms with van der Waals surface area (Å²) in [5.74, 6) is -1.31. The van der Waals surface area contributed by atoms with Gasteiger partial charge in [-0.3, -0.25) is 0 Å². The van der Waals surface area contributed by atoms with Gasteiger partial charge < -0.3 is 14.5 Å². The van der Waals surface area contributed by atoms with Crippen molar-refractivity contribution in [3.05, 3.63) is 35.1 Å². The second kappa shape index (κ2) is 6.72. The molecule has 2 aliphatic rings. The lowest BCUT2D eigenvalue weighted by Crippen LogP contribution is -2.40. The molecule has 0 bridgehead atoms. The van der Waals surface area contributed by atoms with Gasteiger partial charge in [0.1, 0.15) is 12.4 Å². The predicted molar refractivity (Wildman–Crippen MR) is 87.1 cm³/mol. The molecule has 1 saturated heterocycles. The lowest BCUT2D eigenvalue weighted by Gasteiger charge is -2.29. The number of halogens is 4. The lowest BCUT2D eigenvalue weighted by atomic mass is 10.0. The topological polar surface area (TPSA) is 32.8 Å². The van der Waals surface area contributed by atoms with Gasteiger partial charge in [0.25, 0.3) is 0 Å². The van der Waals surface area contributed by atoms with E-state index in [1.165, 1.54) is 18.0 Å². The Morgan fingerprint density at radius 1 is 1.38 bits per heavy atom. The number of carbonyl (C=O) groups excluding carboxylic acids is 1. The first-order valence-electron chi connectivity index (χ1n) is 8.63. The van der Waals surface area contributed by atoms with Gasteiger partial charge in [-0.2, -0.15) is 13.2 Å². The van der Waals surface area contributed by atoms with Gasteiger partial charge in [-0.15, -0.1) is 0 Å². The largest absolute Gasteiger partial charge is 0.448 e. The molecule has 1 aromatic rings. The Bertz CT molecular complexity index is 688. The molecule has 1 saturated carbocycles. The molecule has 2 fully saturated rings. The van der Waals surface area contributed by atoms with Crippen molar-refractivity contribution in [2.45, 2.75) is 43.4 Å². The molecule has 0 unspecified atom stereocenters. The summed E-state index contributed by atoms with van der Waals surface area (Å²) < 4.78 is 57.8. The van der Waals surface area contributed by atoms with Crippen molar-refractivity contribution in [3.8, 4) is 0 Å². The quantitative estimate of drug-likeness (QED) is 0.747. The second-order valence-electron chi connectivity index (χ2n) is 7.14. The molecule has 1 aromatic carbocycles. The highest BCUT2D eigenvalue weighted by atomic mass is 19.4. The van der Waals surface area contributed by atoms with Crippen LogP contribution in [-0.2, 0) is 16.5 Å². The molecule has 144 valence electrons. The Hall–Kier alpha value is -1.83. The molecule has 0 radical (unpaired) electrons. The van der Waals surface area contributed by atoms with Crippen molar-refractivity contribution >= 4 is 6.09 Å². The third kappa shape index (κ3) is 3.51. The van der Waals surface area contributed by atoms with E-state index in [9.17, 15) is 22.4 Å². The van der Waals surface area contributed by atoms with Crippen LogP contribution in [0.15, 0.2) is 18.2 Å². The van der Waals surface area contributed by atoms with Crippen molar-refractivity contribution in [1.29, 1.82) is 0 Å².